The molecule has 1 amide bonds. The third-order valence-electron chi connectivity index (χ3n) is 4.20. The summed E-state index contributed by atoms with van der Waals surface area (Å²) in [4.78, 5) is 31.2. The fourth-order valence-electron chi connectivity index (χ4n) is 2.89. The molecule has 8 nitrogen and oxygen atoms in total. The Balaban J connectivity index is 1.54. The van der Waals surface area contributed by atoms with Crippen LogP contribution in [0.2, 0.25) is 0 Å². The zero-order chi connectivity index (χ0) is 16.2. The van der Waals surface area contributed by atoms with Crippen LogP contribution in [-0.2, 0) is 27.5 Å². The van der Waals surface area contributed by atoms with Crippen LogP contribution in [0.4, 0.5) is 0 Å². The van der Waals surface area contributed by atoms with E-state index in [-0.39, 0.29) is 5.91 Å². The number of nitrogens with zero attached hydrogens (tertiary/aromatic N) is 4. The lowest BCUT2D eigenvalue weighted by Gasteiger charge is -2.30. The van der Waals surface area contributed by atoms with E-state index in [1.165, 1.54) is 7.11 Å². The molecule has 1 aromatic heterocycles. The van der Waals surface area contributed by atoms with Crippen LogP contribution in [0, 0.1) is 0 Å². The summed E-state index contributed by atoms with van der Waals surface area (Å²) in [6.07, 6.45) is 2.65. The van der Waals surface area contributed by atoms with E-state index in [4.69, 9.17) is 4.84 Å². The van der Waals surface area contributed by atoms with Crippen molar-refractivity contribution in [2.24, 2.45) is 0 Å². The maximum Gasteiger partial charge on any atom is 0.358 e. The van der Waals surface area contributed by atoms with Crippen molar-refractivity contribution >= 4 is 11.9 Å². The number of ether oxygens (including phenoxy) is 1. The Morgan fingerprint density at radius 2 is 2.17 bits per heavy atom. The maximum absolute atomic E-state index is 12.4. The number of hydrogen-bond donors (Lipinski definition) is 0. The van der Waals surface area contributed by atoms with Gasteiger partial charge in [0.05, 0.1) is 32.5 Å². The van der Waals surface area contributed by atoms with E-state index in [1.807, 2.05) is 9.96 Å². The summed E-state index contributed by atoms with van der Waals surface area (Å²) < 4.78 is 6.45. The zero-order valence-electron chi connectivity index (χ0n) is 13.4. The molecule has 2 aliphatic rings. The molecular weight excluding hydrogens is 300 g/mol. The molecule has 1 fully saturated rings. The van der Waals surface area contributed by atoms with Gasteiger partial charge in [0, 0.05) is 26.1 Å². The Morgan fingerprint density at radius 3 is 2.91 bits per heavy atom. The molecule has 3 rings (SSSR count). The van der Waals surface area contributed by atoms with Crippen molar-refractivity contribution in [3.05, 3.63) is 17.5 Å². The molecule has 0 bridgehead atoms. The minimum Gasteiger partial charge on any atom is -0.464 e. The van der Waals surface area contributed by atoms with Crippen LogP contribution < -0.4 is 0 Å². The average molecular weight is 322 g/mol. The van der Waals surface area contributed by atoms with Crippen molar-refractivity contribution < 1.29 is 19.2 Å². The standard InChI is InChI=1S/C15H22N4O4/c1-22-15(21)13-10-12-11-17(7-8-19(12)16-13)14(20)4-6-18-5-2-3-9-23-18/h10H,2-9,11H2,1H3. The van der Waals surface area contributed by atoms with Crippen LogP contribution in [0.15, 0.2) is 6.07 Å². The van der Waals surface area contributed by atoms with Gasteiger partial charge < -0.3 is 9.64 Å². The van der Waals surface area contributed by atoms with Gasteiger partial charge in [-0.3, -0.25) is 14.3 Å². The van der Waals surface area contributed by atoms with Crippen LogP contribution in [0.25, 0.3) is 0 Å². The highest BCUT2D eigenvalue weighted by Gasteiger charge is 2.24. The monoisotopic (exact) mass is 322 g/mol. The molecule has 126 valence electrons. The number of hydrogen-bond acceptors (Lipinski definition) is 6. The van der Waals surface area contributed by atoms with E-state index in [9.17, 15) is 9.59 Å². The van der Waals surface area contributed by atoms with Gasteiger partial charge in [0.1, 0.15) is 0 Å². The Labute approximate surface area is 134 Å². The number of carbonyl (C=O) groups excluding carboxylic acids is 2. The SMILES string of the molecule is COC(=O)c1cc2n(n1)CCN(C(=O)CCN1CCCCO1)C2. The summed E-state index contributed by atoms with van der Waals surface area (Å²) >= 11 is 0. The fraction of sp³-hybridized carbons (Fsp3) is 0.667. The molecule has 2 aliphatic heterocycles. The summed E-state index contributed by atoms with van der Waals surface area (Å²) in [6.45, 7) is 3.94. The molecule has 23 heavy (non-hydrogen) atoms. The molecule has 0 spiro atoms. The number of hydroxylamine groups is 2. The number of rotatable bonds is 4. The fourth-order valence-corrected chi connectivity index (χ4v) is 2.89. The molecule has 0 radical (unpaired) electrons. The largest absolute Gasteiger partial charge is 0.464 e. The molecule has 0 N–H and O–H groups in total. The highest BCUT2D eigenvalue weighted by molar-refractivity contribution is 5.87. The van der Waals surface area contributed by atoms with E-state index in [0.717, 1.165) is 31.7 Å². The minimum atomic E-state index is -0.452. The smallest absolute Gasteiger partial charge is 0.358 e. The van der Waals surface area contributed by atoms with Gasteiger partial charge in [0.2, 0.25) is 5.91 Å². The number of fused-ring (bicyclic) bond motifs is 1. The highest BCUT2D eigenvalue weighted by Crippen LogP contribution is 2.16. The van der Waals surface area contributed by atoms with Crippen LogP contribution in [0.1, 0.15) is 35.4 Å². The first kappa shape index (κ1) is 15.9. The Hall–Kier alpha value is -1.93. The summed E-state index contributed by atoms with van der Waals surface area (Å²) in [5, 5.41) is 6.09. The first-order valence-electron chi connectivity index (χ1n) is 7.98. The normalized spacial score (nSPS) is 18.6. The average Bonchev–Trinajstić information content (AvgIpc) is 3.03. The summed E-state index contributed by atoms with van der Waals surface area (Å²) in [5.41, 5.74) is 1.15. The summed E-state index contributed by atoms with van der Waals surface area (Å²) in [5.74, 6) is -0.349. The third-order valence-corrected chi connectivity index (χ3v) is 4.20. The van der Waals surface area contributed by atoms with E-state index in [1.54, 1.807) is 10.7 Å². The van der Waals surface area contributed by atoms with Crippen molar-refractivity contribution in [1.29, 1.82) is 0 Å². The Kier molecular flexibility index (Phi) is 4.92. The van der Waals surface area contributed by atoms with Crippen LogP contribution >= 0.6 is 0 Å². The van der Waals surface area contributed by atoms with Crippen molar-refractivity contribution in [3.8, 4) is 0 Å². The quantitative estimate of drug-likeness (QED) is 0.748. The summed E-state index contributed by atoms with van der Waals surface area (Å²) in [7, 11) is 1.33. The van der Waals surface area contributed by atoms with E-state index in [0.29, 0.717) is 38.3 Å². The molecular formula is C15H22N4O4. The van der Waals surface area contributed by atoms with Gasteiger partial charge in [-0.2, -0.15) is 10.2 Å². The number of esters is 1. The molecule has 0 aliphatic carbocycles. The van der Waals surface area contributed by atoms with Gasteiger partial charge >= 0.3 is 5.97 Å². The van der Waals surface area contributed by atoms with Crippen LogP contribution in [-0.4, -0.2) is 65.0 Å². The van der Waals surface area contributed by atoms with Gasteiger partial charge in [-0.15, -0.1) is 0 Å². The second kappa shape index (κ2) is 7.10. The molecule has 0 unspecified atom stereocenters. The lowest BCUT2D eigenvalue weighted by atomic mass is 10.2. The van der Waals surface area contributed by atoms with E-state index >= 15 is 0 Å². The lowest BCUT2D eigenvalue weighted by molar-refractivity contribution is -0.182. The minimum absolute atomic E-state index is 0.103. The van der Waals surface area contributed by atoms with E-state index < -0.39 is 5.97 Å². The number of amides is 1. The topological polar surface area (TPSA) is 76.9 Å². The zero-order valence-corrected chi connectivity index (χ0v) is 13.4. The number of methoxy groups -OCH3 is 1. The molecule has 0 atom stereocenters. The molecule has 0 aromatic carbocycles. The van der Waals surface area contributed by atoms with Crippen LogP contribution in [0.5, 0.6) is 0 Å². The van der Waals surface area contributed by atoms with Gasteiger partial charge in [-0.25, -0.2) is 4.79 Å². The maximum atomic E-state index is 12.4. The predicted molar refractivity (Wildman–Crippen MR) is 80.4 cm³/mol. The third kappa shape index (κ3) is 3.70. The van der Waals surface area contributed by atoms with Gasteiger partial charge in [0.15, 0.2) is 5.69 Å². The molecule has 3 heterocycles. The second-order valence-corrected chi connectivity index (χ2v) is 5.77. The van der Waals surface area contributed by atoms with Crippen LogP contribution in [0.3, 0.4) is 0 Å². The molecule has 8 heteroatoms. The predicted octanol–water partition coefficient (Wildman–Crippen LogP) is 0.429. The van der Waals surface area contributed by atoms with Crippen molar-refractivity contribution in [2.75, 3.05) is 33.4 Å². The highest BCUT2D eigenvalue weighted by atomic mass is 16.7. The second-order valence-electron chi connectivity index (χ2n) is 5.77. The number of aromatic nitrogens is 2. The summed E-state index contributed by atoms with van der Waals surface area (Å²) in [6, 6.07) is 1.69. The van der Waals surface area contributed by atoms with E-state index in [2.05, 4.69) is 9.84 Å². The first-order chi connectivity index (χ1) is 11.2. The molecule has 1 aromatic rings. The first-order valence-corrected chi connectivity index (χ1v) is 7.98. The Bertz CT molecular complexity index is 580. The van der Waals surface area contributed by atoms with Gasteiger partial charge in [0.25, 0.3) is 0 Å². The molecule has 0 saturated carbocycles. The van der Waals surface area contributed by atoms with Crippen molar-refractivity contribution in [2.45, 2.75) is 32.4 Å². The lowest BCUT2D eigenvalue weighted by Crippen LogP contribution is -2.40. The Morgan fingerprint density at radius 1 is 1.30 bits per heavy atom. The molecule has 1 saturated heterocycles. The van der Waals surface area contributed by atoms with Crippen molar-refractivity contribution in [1.82, 2.24) is 19.7 Å². The van der Waals surface area contributed by atoms with Gasteiger partial charge in [-0.1, -0.05) is 0 Å². The van der Waals surface area contributed by atoms with Crippen molar-refractivity contribution in [3.63, 3.8) is 0 Å². The number of carbonyl (C=O) groups is 2. The van der Waals surface area contributed by atoms with Gasteiger partial charge in [-0.05, 0) is 18.9 Å².